The van der Waals surface area contributed by atoms with Crippen LogP contribution in [0.2, 0.25) is 0 Å². The molecule has 0 spiro atoms. The molecule has 6 heteroatoms. The summed E-state index contributed by atoms with van der Waals surface area (Å²) in [5.74, 6) is 0.151. The largest absolute Gasteiger partial charge is 0.337 e. The van der Waals surface area contributed by atoms with Crippen molar-refractivity contribution >= 4 is 17.0 Å². The van der Waals surface area contributed by atoms with Gasteiger partial charge in [0.1, 0.15) is 0 Å². The Hall–Kier alpha value is -1.95. The molecule has 3 aliphatic rings. The van der Waals surface area contributed by atoms with Crippen molar-refractivity contribution in [3.63, 3.8) is 0 Å². The predicted octanol–water partition coefficient (Wildman–Crippen LogP) is 2.33. The van der Waals surface area contributed by atoms with E-state index < -0.39 is 0 Å². The summed E-state index contributed by atoms with van der Waals surface area (Å²) in [6.45, 7) is 3.58. The number of rotatable bonds is 1. The van der Waals surface area contributed by atoms with Gasteiger partial charge in [0.25, 0.3) is 11.6 Å². The van der Waals surface area contributed by atoms with Gasteiger partial charge >= 0.3 is 0 Å². The topological polar surface area (TPSA) is 62.5 Å². The zero-order chi connectivity index (χ0) is 17.1. The van der Waals surface area contributed by atoms with Crippen molar-refractivity contribution in [3.05, 3.63) is 22.5 Å². The number of amides is 1. The average molecular weight is 340 g/mol. The Balaban J connectivity index is 1.59. The van der Waals surface area contributed by atoms with E-state index in [-0.39, 0.29) is 5.91 Å². The number of likely N-dealkylation sites (tertiary alicyclic amines) is 1. The molecule has 2 aromatic rings. The molecule has 0 saturated carbocycles. The molecule has 0 N–H and O–H groups in total. The molecule has 2 aliphatic heterocycles. The molecule has 2 atom stereocenters. The first kappa shape index (κ1) is 15.3. The Bertz CT molecular complexity index is 859. The van der Waals surface area contributed by atoms with E-state index >= 15 is 0 Å². The van der Waals surface area contributed by atoms with Crippen molar-refractivity contribution in [2.24, 2.45) is 0 Å². The quantitative estimate of drug-likeness (QED) is 0.797. The second-order valence-corrected chi connectivity index (χ2v) is 7.80. The van der Waals surface area contributed by atoms with Crippen LogP contribution in [-0.2, 0) is 12.8 Å². The van der Waals surface area contributed by atoms with E-state index in [0.717, 1.165) is 66.7 Å². The molecule has 2 aromatic heterocycles. The molecule has 2 saturated heterocycles. The Morgan fingerprint density at radius 2 is 2.04 bits per heavy atom. The second kappa shape index (κ2) is 5.53. The van der Waals surface area contributed by atoms with Gasteiger partial charge in [0.05, 0.1) is 16.6 Å². The van der Waals surface area contributed by atoms with E-state index in [1.165, 1.54) is 12.8 Å². The molecular weight excluding hydrogens is 316 g/mol. The first-order valence-corrected chi connectivity index (χ1v) is 9.42. The van der Waals surface area contributed by atoms with Crippen molar-refractivity contribution < 1.29 is 9.32 Å². The molecule has 1 amide bonds. The Kier molecular flexibility index (Phi) is 3.39. The van der Waals surface area contributed by atoms with Gasteiger partial charge in [-0.1, -0.05) is 5.16 Å². The van der Waals surface area contributed by atoms with E-state index in [1.54, 1.807) is 0 Å². The van der Waals surface area contributed by atoms with Gasteiger partial charge in [-0.3, -0.25) is 9.69 Å². The summed E-state index contributed by atoms with van der Waals surface area (Å²) in [6, 6.07) is 1.12. The molecule has 2 fully saturated rings. The molecule has 132 valence electrons. The minimum atomic E-state index is 0.151. The van der Waals surface area contributed by atoms with Crippen molar-refractivity contribution in [1.29, 1.82) is 0 Å². The minimum Gasteiger partial charge on any atom is -0.337 e. The zero-order valence-corrected chi connectivity index (χ0v) is 14.9. The fraction of sp³-hybridized carbons (Fsp3) is 0.632. The van der Waals surface area contributed by atoms with E-state index in [4.69, 9.17) is 4.52 Å². The third-order valence-electron chi connectivity index (χ3n) is 6.47. The van der Waals surface area contributed by atoms with Gasteiger partial charge in [-0.25, -0.2) is 4.98 Å². The summed E-state index contributed by atoms with van der Waals surface area (Å²) in [7, 11) is 2.21. The third-order valence-corrected chi connectivity index (χ3v) is 6.47. The normalized spacial score (nSPS) is 26.2. The number of carbonyl (C=O) groups is 1. The lowest BCUT2D eigenvalue weighted by Gasteiger charge is -2.26. The van der Waals surface area contributed by atoms with Gasteiger partial charge in [0.15, 0.2) is 0 Å². The summed E-state index contributed by atoms with van der Waals surface area (Å²) in [5.41, 5.74) is 4.27. The number of likely N-dealkylation sites (N-methyl/N-ethyl adjacent to an activating group) is 1. The molecule has 4 heterocycles. The van der Waals surface area contributed by atoms with Crippen LogP contribution in [-0.4, -0.2) is 58.1 Å². The number of pyridine rings is 1. The first-order chi connectivity index (χ1) is 12.1. The average Bonchev–Trinajstić information content (AvgIpc) is 3.25. The van der Waals surface area contributed by atoms with Crippen LogP contribution in [0.25, 0.3) is 11.1 Å². The highest BCUT2D eigenvalue weighted by molar-refractivity contribution is 6.07. The maximum absolute atomic E-state index is 13.6. The third kappa shape index (κ3) is 2.23. The fourth-order valence-electron chi connectivity index (χ4n) is 5.00. The maximum Gasteiger partial charge on any atom is 0.259 e. The lowest BCUT2D eigenvalue weighted by Crippen LogP contribution is -2.40. The molecule has 1 aliphatic carbocycles. The van der Waals surface area contributed by atoms with Crippen LogP contribution in [0.5, 0.6) is 0 Å². The maximum atomic E-state index is 13.6. The number of aryl methyl sites for hydroxylation is 2. The van der Waals surface area contributed by atoms with Crippen LogP contribution in [0.3, 0.4) is 0 Å². The highest BCUT2D eigenvalue weighted by Crippen LogP contribution is 2.34. The molecule has 2 bridgehead atoms. The van der Waals surface area contributed by atoms with Crippen molar-refractivity contribution in [1.82, 2.24) is 19.9 Å². The second-order valence-electron chi connectivity index (χ2n) is 7.80. The van der Waals surface area contributed by atoms with Gasteiger partial charge in [0.2, 0.25) is 0 Å². The van der Waals surface area contributed by atoms with Crippen LogP contribution in [0, 0.1) is 6.92 Å². The Morgan fingerprint density at radius 3 is 2.92 bits per heavy atom. The van der Waals surface area contributed by atoms with Crippen molar-refractivity contribution in [2.45, 2.75) is 57.5 Å². The number of hydrogen-bond acceptors (Lipinski definition) is 5. The molecule has 0 radical (unpaired) electrons. The van der Waals surface area contributed by atoms with Gasteiger partial charge in [-0.05, 0) is 58.1 Å². The minimum absolute atomic E-state index is 0.151. The SMILES string of the molecule is Cc1noc2nc3c(c(C(=O)N4CC[C@@H]5CC[C@H](C4)N5C)c12)CCC3. The molecule has 0 unspecified atom stereocenters. The lowest BCUT2D eigenvalue weighted by molar-refractivity contribution is 0.0741. The molecule has 6 nitrogen and oxygen atoms in total. The number of nitrogens with zero attached hydrogens (tertiary/aromatic N) is 4. The molecule has 25 heavy (non-hydrogen) atoms. The summed E-state index contributed by atoms with van der Waals surface area (Å²) in [6.07, 6.45) is 6.46. The number of hydrogen-bond donors (Lipinski definition) is 0. The van der Waals surface area contributed by atoms with Crippen LogP contribution >= 0.6 is 0 Å². The van der Waals surface area contributed by atoms with E-state index in [2.05, 4.69) is 27.0 Å². The molecule has 0 aromatic carbocycles. The fourth-order valence-corrected chi connectivity index (χ4v) is 5.00. The summed E-state index contributed by atoms with van der Waals surface area (Å²) < 4.78 is 5.40. The highest BCUT2D eigenvalue weighted by atomic mass is 16.5. The van der Waals surface area contributed by atoms with E-state index in [0.29, 0.717) is 17.8 Å². The molecule has 5 rings (SSSR count). The van der Waals surface area contributed by atoms with E-state index in [1.807, 2.05) is 6.92 Å². The number of aromatic nitrogens is 2. The zero-order valence-electron chi connectivity index (χ0n) is 14.9. The highest BCUT2D eigenvalue weighted by Gasteiger charge is 2.38. The molecular formula is C19H24N4O2. The number of fused-ring (bicyclic) bond motifs is 4. The van der Waals surface area contributed by atoms with Gasteiger partial charge < -0.3 is 9.42 Å². The lowest BCUT2D eigenvalue weighted by atomic mass is 10.00. The van der Waals surface area contributed by atoms with Gasteiger partial charge in [-0.15, -0.1) is 0 Å². The first-order valence-electron chi connectivity index (χ1n) is 9.42. The van der Waals surface area contributed by atoms with E-state index in [9.17, 15) is 4.79 Å². The summed E-state index contributed by atoms with van der Waals surface area (Å²) >= 11 is 0. The smallest absolute Gasteiger partial charge is 0.259 e. The van der Waals surface area contributed by atoms with Crippen LogP contribution in [0.1, 0.15) is 53.0 Å². The predicted molar refractivity (Wildman–Crippen MR) is 93.7 cm³/mol. The van der Waals surface area contributed by atoms with Crippen LogP contribution in [0.4, 0.5) is 0 Å². The van der Waals surface area contributed by atoms with Crippen molar-refractivity contribution in [2.75, 3.05) is 20.1 Å². The standard InChI is InChI=1S/C19H24N4O2/c1-11-16-17(14-4-3-5-15(14)20-18(16)25-21-11)19(24)23-9-8-12-6-7-13(10-23)22(12)2/h12-13H,3-10H2,1-2H3/t12-,13+/m0/s1. The van der Waals surface area contributed by atoms with Crippen molar-refractivity contribution in [3.8, 4) is 0 Å². The summed E-state index contributed by atoms with van der Waals surface area (Å²) in [5, 5.41) is 4.90. The van der Waals surface area contributed by atoms with Gasteiger partial charge in [-0.2, -0.15) is 0 Å². The van der Waals surface area contributed by atoms with Gasteiger partial charge in [0, 0.05) is 30.9 Å². The van der Waals surface area contributed by atoms with Crippen LogP contribution in [0.15, 0.2) is 4.52 Å². The Morgan fingerprint density at radius 1 is 1.20 bits per heavy atom. The Labute approximate surface area is 147 Å². The summed E-state index contributed by atoms with van der Waals surface area (Å²) in [4.78, 5) is 22.7. The van der Waals surface area contributed by atoms with Crippen LogP contribution < -0.4 is 0 Å². The monoisotopic (exact) mass is 340 g/mol. The number of carbonyl (C=O) groups excluding carboxylic acids is 1.